The van der Waals surface area contributed by atoms with Crippen molar-refractivity contribution in [3.05, 3.63) is 47.0 Å². The van der Waals surface area contributed by atoms with E-state index >= 15 is 0 Å². The number of halogens is 2. The molecule has 0 fully saturated rings. The van der Waals surface area contributed by atoms with Crippen molar-refractivity contribution in [2.45, 2.75) is 6.54 Å². The molecule has 2 rings (SSSR count). The monoisotopic (exact) mass is 535 g/mol. The number of ether oxygens (including phenoxy) is 4. The van der Waals surface area contributed by atoms with Crippen LogP contribution in [-0.2, 0) is 6.54 Å². The summed E-state index contributed by atoms with van der Waals surface area (Å²) in [6.07, 6.45) is 0. The van der Waals surface area contributed by atoms with E-state index in [1.807, 2.05) is 30.3 Å². The van der Waals surface area contributed by atoms with E-state index in [1.54, 1.807) is 34.4 Å². The molecule has 2 N–H and O–H groups in total. The van der Waals surface area contributed by atoms with E-state index in [0.717, 1.165) is 5.56 Å². The molecule has 0 aliphatic heterocycles. The Morgan fingerprint density at radius 3 is 2.17 bits per heavy atom. The molecule has 2 aromatic rings. The number of para-hydroxylation sites is 1. The summed E-state index contributed by atoms with van der Waals surface area (Å²) in [4.78, 5) is 4.21. The summed E-state index contributed by atoms with van der Waals surface area (Å²) in [6, 6.07) is 11.2. The molecular weight excluding hydrogens is 509 g/mol. The molecule has 0 atom stereocenters. The van der Waals surface area contributed by atoms with Crippen molar-refractivity contribution in [3.63, 3.8) is 0 Å². The molecule has 7 nitrogen and oxygen atoms in total. The largest absolute Gasteiger partial charge is 0.493 e. The molecular formula is C20H27ClIN3O4. The average Bonchev–Trinajstić information content (AvgIpc) is 2.73. The van der Waals surface area contributed by atoms with Crippen molar-refractivity contribution in [1.29, 1.82) is 0 Å². The van der Waals surface area contributed by atoms with Crippen molar-refractivity contribution in [2.24, 2.45) is 4.99 Å². The van der Waals surface area contributed by atoms with Crippen molar-refractivity contribution < 1.29 is 18.9 Å². The van der Waals surface area contributed by atoms with E-state index in [1.165, 1.54) is 0 Å². The summed E-state index contributed by atoms with van der Waals surface area (Å²) >= 11 is 6.07. The number of guanidine groups is 1. The molecule has 0 heterocycles. The third-order valence-corrected chi connectivity index (χ3v) is 4.21. The highest BCUT2D eigenvalue weighted by Crippen LogP contribution is 2.38. The molecule has 0 aromatic heterocycles. The van der Waals surface area contributed by atoms with Crippen LogP contribution in [0.15, 0.2) is 41.4 Å². The first-order chi connectivity index (χ1) is 13.6. The van der Waals surface area contributed by atoms with E-state index in [2.05, 4.69) is 15.6 Å². The van der Waals surface area contributed by atoms with Gasteiger partial charge >= 0.3 is 0 Å². The molecule has 0 amide bonds. The summed E-state index contributed by atoms with van der Waals surface area (Å²) in [7, 11) is 6.47. The Morgan fingerprint density at radius 1 is 0.966 bits per heavy atom. The van der Waals surface area contributed by atoms with Crippen LogP contribution in [0.4, 0.5) is 0 Å². The van der Waals surface area contributed by atoms with E-state index in [4.69, 9.17) is 30.5 Å². The summed E-state index contributed by atoms with van der Waals surface area (Å²) < 4.78 is 21.8. The zero-order valence-electron chi connectivity index (χ0n) is 17.0. The Morgan fingerprint density at radius 2 is 1.62 bits per heavy atom. The van der Waals surface area contributed by atoms with Gasteiger partial charge in [0.2, 0.25) is 5.75 Å². The number of nitrogens with one attached hydrogen (secondary N) is 2. The fraction of sp³-hybridized carbons (Fsp3) is 0.350. The second kappa shape index (κ2) is 13.2. The smallest absolute Gasteiger partial charge is 0.203 e. The van der Waals surface area contributed by atoms with Crippen LogP contribution in [0, 0.1) is 0 Å². The van der Waals surface area contributed by atoms with Crippen LogP contribution in [0.2, 0.25) is 5.02 Å². The van der Waals surface area contributed by atoms with Crippen LogP contribution in [0.1, 0.15) is 5.56 Å². The first-order valence-corrected chi connectivity index (χ1v) is 9.11. The van der Waals surface area contributed by atoms with Crippen LogP contribution in [-0.4, -0.2) is 47.5 Å². The normalized spacial score (nSPS) is 10.6. The summed E-state index contributed by atoms with van der Waals surface area (Å²) in [5, 5.41) is 7.02. The minimum atomic E-state index is 0. The van der Waals surface area contributed by atoms with E-state index < -0.39 is 0 Å². The van der Waals surface area contributed by atoms with Crippen LogP contribution in [0.3, 0.4) is 0 Å². The van der Waals surface area contributed by atoms with Gasteiger partial charge in [-0.15, -0.1) is 24.0 Å². The zero-order chi connectivity index (χ0) is 20.4. The molecule has 0 radical (unpaired) electrons. The molecule has 0 aliphatic rings. The van der Waals surface area contributed by atoms with Crippen LogP contribution >= 0.6 is 35.6 Å². The third-order valence-electron chi connectivity index (χ3n) is 3.90. The number of rotatable bonds is 9. The fourth-order valence-corrected chi connectivity index (χ4v) is 2.73. The summed E-state index contributed by atoms with van der Waals surface area (Å²) in [6.45, 7) is 1.55. The quantitative estimate of drug-likeness (QED) is 0.221. The SMILES string of the molecule is CN=C(NCCOc1ccccc1Cl)NCc1cc(OC)c(OC)c(OC)c1.I. The standard InChI is InChI=1S/C20H26ClN3O4.HI/c1-22-20(23-9-10-28-16-8-6-5-7-15(16)21)24-13-14-11-17(25-2)19(27-4)18(12-14)26-3;/h5-8,11-12H,9-10,13H2,1-4H3,(H2,22,23,24);1H. The lowest BCUT2D eigenvalue weighted by molar-refractivity contribution is 0.322. The van der Waals surface area contributed by atoms with Crippen molar-refractivity contribution >= 4 is 41.5 Å². The van der Waals surface area contributed by atoms with Gasteiger partial charge in [0.1, 0.15) is 12.4 Å². The number of hydrogen-bond acceptors (Lipinski definition) is 5. The highest BCUT2D eigenvalue weighted by molar-refractivity contribution is 14.0. The molecule has 0 aliphatic carbocycles. The molecule has 2 aromatic carbocycles. The second-order valence-corrected chi connectivity index (χ2v) is 6.07. The number of aliphatic imine (C=N–C) groups is 1. The molecule has 0 spiro atoms. The van der Waals surface area contributed by atoms with Crippen LogP contribution < -0.4 is 29.6 Å². The van der Waals surface area contributed by atoms with Gasteiger partial charge in [0, 0.05) is 13.6 Å². The lowest BCUT2D eigenvalue weighted by atomic mass is 10.2. The number of nitrogens with zero attached hydrogens (tertiary/aromatic N) is 1. The second-order valence-electron chi connectivity index (χ2n) is 5.67. The highest BCUT2D eigenvalue weighted by Gasteiger charge is 2.13. The minimum absolute atomic E-state index is 0. The zero-order valence-corrected chi connectivity index (χ0v) is 20.0. The lowest BCUT2D eigenvalue weighted by Crippen LogP contribution is -2.38. The van der Waals surface area contributed by atoms with Gasteiger partial charge in [-0.05, 0) is 29.8 Å². The topological polar surface area (TPSA) is 73.3 Å². The maximum atomic E-state index is 6.07. The Balaban J connectivity index is 0.00000420. The Labute approximate surface area is 193 Å². The minimum Gasteiger partial charge on any atom is -0.493 e. The number of methoxy groups -OCH3 is 3. The predicted molar refractivity (Wildman–Crippen MR) is 127 cm³/mol. The molecule has 9 heteroatoms. The molecule has 0 saturated carbocycles. The molecule has 0 unspecified atom stereocenters. The van der Waals surface area contributed by atoms with Gasteiger partial charge in [0.05, 0.1) is 32.9 Å². The van der Waals surface area contributed by atoms with Gasteiger partial charge in [-0.25, -0.2) is 0 Å². The molecule has 0 bridgehead atoms. The Hall–Kier alpha value is -2.07. The molecule has 29 heavy (non-hydrogen) atoms. The van der Waals surface area contributed by atoms with Gasteiger partial charge in [0.25, 0.3) is 0 Å². The Kier molecular flexibility index (Phi) is 11.4. The maximum absolute atomic E-state index is 6.07. The van der Waals surface area contributed by atoms with E-state index in [0.29, 0.717) is 53.7 Å². The summed E-state index contributed by atoms with van der Waals surface area (Å²) in [5.41, 5.74) is 0.963. The Bertz CT molecular complexity index is 780. The van der Waals surface area contributed by atoms with Gasteiger partial charge < -0.3 is 29.6 Å². The predicted octanol–water partition coefficient (Wildman–Crippen LogP) is 3.73. The van der Waals surface area contributed by atoms with Crippen molar-refractivity contribution in [1.82, 2.24) is 10.6 Å². The third kappa shape index (κ3) is 7.36. The van der Waals surface area contributed by atoms with E-state index in [-0.39, 0.29) is 24.0 Å². The maximum Gasteiger partial charge on any atom is 0.203 e. The van der Waals surface area contributed by atoms with Gasteiger partial charge in [-0.2, -0.15) is 0 Å². The van der Waals surface area contributed by atoms with Crippen LogP contribution in [0.25, 0.3) is 0 Å². The molecule has 0 saturated heterocycles. The molecule has 160 valence electrons. The first-order valence-electron chi connectivity index (χ1n) is 8.73. The lowest BCUT2D eigenvalue weighted by Gasteiger charge is -2.16. The number of benzene rings is 2. The van der Waals surface area contributed by atoms with Crippen molar-refractivity contribution in [2.75, 3.05) is 41.5 Å². The summed E-state index contributed by atoms with van der Waals surface area (Å²) in [5.74, 6) is 3.08. The highest BCUT2D eigenvalue weighted by atomic mass is 127. The van der Waals surface area contributed by atoms with Gasteiger partial charge in [0.15, 0.2) is 17.5 Å². The van der Waals surface area contributed by atoms with E-state index in [9.17, 15) is 0 Å². The fourth-order valence-electron chi connectivity index (χ4n) is 2.54. The van der Waals surface area contributed by atoms with Crippen molar-refractivity contribution in [3.8, 4) is 23.0 Å². The van der Waals surface area contributed by atoms with Crippen LogP contribution in [0.5, 0.6) is 23.0 Å². The average molecular weight is 536 g/mol. The van der Waals surface area contributed by atoms with Gasteiger partial charge in [-0.1, -0.05) is 23.7 Å². The van der Waals surface area contributed by atoms with Gasteiger partial charge in [-0.3, -0.25) is 4.99 Å². The first kappa shape index (κ1) is 25.0. The number of hydrogen-bond donors (Lipinski definition) is 2.